The molecular formula is C14H22ClN2O+. The van der Waals surface area contributed by atoms with E-state index in [2.05, 4.69) is 12.2 Å². The number of hydrogen-bond acceptors (Lipinski definition) is 1. The van der Waals surface area contributed by atoms with Crippen molar-refractivity contribution in [1.82, 2.24) is 0 Å². The highest BCUT2D eigenvalue weighted by Crippen LogP contribution is 2.24. The smallest absolute Gasteiger partial charge is 0.279 e. The summed E-state index contributed by atoms with van der Waals surface area (Å²) in [6.07, 6.45) is 0. The molecule has 0 spiro atoms. The van der Waals surface area contributed by atoms with Crippen LogP contribution in [-0.4, -0.2) is 37.6 Å². The molecule has 0 aliphatic heterocycles. The Kier molecular flexibility index (Phi) is 4.77. The number of amides is 1. The van der Waals surface area contributed by atoms with Crippen LogP contribution < -0.4 is 5.32 Å². The molecule has 3 nitrogen and oxygen atoms in total. The molecule has 0 radical (unpaired) electrons. The van der Waals surface area contributed by atoms with Gasteiger partial charge in [-0.3, -0.25) is 4.79 Å². The summed E-state index contributed by atoms with van der Waals surface area (Å²) in [5, 5.41) is 3.68. The van der Waals surface area contributed by atoms with Crippen molar-refractivity contribution in [3.8, 4) is 0 Å². The van der Waals surface area contributed by atoms with Gasteiger partial charge in [-0.2, -0.15) is 0 Å². The summed E-state index contributed by atoms with van der Waals surface area (Å²) in [6, 6.07) is 3.73. The van der Waals surface area contributed by atoms with E-state index in [1.807, 2.05) is 40.1 Å². The zero-order chi connectivity index (χ0) is 13.9. The number of carbonyl (C=O) groups is 1. The molecule has 0 fully saturated rings. The second kappa shape index (κ2) is 5.72. The largest absolute Gasteiger partial charge is 0.321 e. The Balaban J connectivity index is 2.83. The van der Waals surface area contributed by atoms with Gasteiger partial charge >= 0.3 is 0 Å². The number of nitrogens with zero attached hydrogens (tertiary/aromatic N) is 1. The molecule has 18 heavy (non-hydrogen) atoms. The fourth-order valence-corrected chi connectivity index (χ4v) is 2.11. The number of benzene rings is 1. The molecule has 0 aliphatic carbocycles. The SMILES string of the molecule is CC[N+](C)(C)CC(=O)Nc1c(C)cc(Cl)cc1C. The summed E-state index contributed by atoms with van der Waals surface area (Å²) in [5.74, 6) is 0.0374. The third-order valence-electron chi connectivity index (χ3n) is 3.19. The van der Waals surface area contributed by atoms with Crippen molar-refractivity contribution in [3.05, 3.63) is 28.3 Å². The number of carbonyl (C=O) groups excluding carboxylic acids is 1. The fraction of sp³-hybridized carbons (Fsp3) is 0.500. The molecule has 1 amide bonds. The summed E-state index contributed by atoms with van der Waals surface area (Å²) in [4.78, 5) is 12.0. The van der Waals surface area contributed by atoms with E-state index in [9.17, 15) is 4.79 Å². The topological polar surface area (TPSA) is 29.1 Å². The first-order valence-electron chi connectivity index (χ1n) is 6.14. The molecular weight excluding hydrogens is 248 g/mol. The first-order chi connectivity index (χ1) is 8.25. The van der Waals surface area contributed by atoms with Gasteiger partial charge in [-0.15, -0.1) is 0 Å². The van der Waals surface area contributed by atoms with Gasteiger partial charge in [0, 0.05) is 10.7 Å². The van der Waals surface area contributed by atoms with E-state index in [0.717, 1.165) is 23.4 Å². The van der Waals surface area contributed by atoms with Crippen LogP contribution in [0.25, 0.3) is 0 Å². The molecule has 0 aliphatic rings. The minimum atomic E-state index is 0.0374. The summed E-state index contributed by atoms with van der Waals surface area (Å²) in [6.45, 7) is 7.37. The highest BCUT2D eigenvalue weighted by Gasteiger charge is 2.18. The van der Waals surface area contributed by atoms with Gasteiger partial charge in [0.25, 0.3) is 5.91 Å². The van der Waals surface area contributed by atoms with E-state index in [1.54, 1.807) is 0 Å². The maximum Gasteiger partial charge on any atom is 0.279 e. The predicted octanol–water partition coefficient (Wildman–Crippen LogP) is 2.99. The number of halogens is 1. The zero-order valence-electron chi connectivity index (χ0n) is 11.8. The fourth-order valence-electron chi connectivity index (χ4n) is 1.79. The van der Waals surface area contributed by atoms with Crippen molar-refractivity contribution in [2.75, 3.05) is 32.5 Å². The molecule has 0 atom stereocenters. The first-order valence-corrected chi connectivity index (χ1v) is 6.51. The summed E-state index contributed by atoms with van der Waals surface area (Å²) < 4.78 is 0.678. The molecule has 0 saturated heterocycles. The van der Waals surface area contributed by atoms with Gasteiger partial charge in [-0.25, -0.2) is 0 Å². The van der Waals surface area contributed by atoms with Crippen LogP contribution in [-0.2, 0) is 4.79 Å². The lowest BCUT2D eigenvalue weighted by Crippen LogP contribution is -2.45. The molecule has 4 heteroatoms. The van der Waals surface area contributed by atoms with E-state index < -0.39 is 0 Å². The van der Waals surface area contributed by atoms with Gasteiger partial charge in [0.15, 0.2) is 6.54 Å². The summed E-state index contributed by atoms with van der Waals surface area (Å²) >= 11 is 5.97. The van der Waals surface area contributed by atoms with Gasteiger partial charge in [-0.05, 0) is 44.0 Å². The molecule has 100 valence electrons. The van der Waals surface area contributed by atoms with Crippen molar-refractivity contribution in [1.29, 1.82) is 0 Å². The van der Waals surface area contributed by atoms with Crippen molar-refractivity contribution in [2.24, 2.45) is 0 Å². The average Bonchev–Trinajstić information content (AvgIpc) is 2.22. The molecule has 1 N–H and O–H groups in total. The number of rotatable bonds is 4. The van der Waals surface area contributed by atoms with E-state index in [1.165, 1.54) is 0 Å². The van der Waals surface area contributed by atoms with Crippen molar-refractivity contribution < 1.29 is 9.28 Å². The molecule has 1 aromatic carbocycles. The predicted molar refractivity (Wildman–Crippen MR) is 77.1 cm³/mol. The van der Waals surface area contributed by atoms with E-state index in [4.69, 9.17) is 11.6 Å². The van der Waals surface area contributed by atoms with Gasteiger partial charge in [0.05, 0.1) is 20.6 Å². The Hall–Kier alpha value is -1.06. The summed E-state index contributed by atoms with van der Waals surface area (Å²) in [7, 11) is 4.09. The number of nitrogens with one attached hydrogen (secondary N) is 1. The number of hydrogen-bond donors (Lipinski definition) is 1. The monoisotopic (exact) mass is 269 g/mol. The number of anilines is 1. The van der Waals surface area contributed by atoms with Crippen molar-refractivity contribution in [2.45, 2.75) is 20.8 Å². The van der Waals surface area contributed by atoms with Crippen LogP contribution in [0.5, 0.6) is 0 Å². The minimum Gasteiger partial charge on any atom is -0.321 e. The zero-order valence-corrected chi connectivity index (χ0v) is 12.6. The molecule has 0 bridgehead atoms. The van der Waals surface area contributed by atoms with Crippen LogP contribution in [0.15, 0.2) is 12.1 Å². The Morgan fingerprint density at radius 2 is 1.78 bits per heavy atom. The highest BCUT2D eigenvalue weighted by molar-refractivity contribution is 6.30. The highest BCUT2D eigenvalue weighted by atomic mass is 35.5. The Morgan fingerprint density at radius 1 is 1.28 bits per heavy atom. The molecule has 0 unspecified atom stereocenters. The molecule has 0 heterocycles. The minimum absolute atomic E-state index is 0.0374. The maximum atomic E-state index is 12.0. The average molecular weight is 270 g/mol. The molecule has 0 saturated carbocycles. The standard InChI is InChI=1S/C14H21ClN2O/c1-6-17(4,5)9-13(18)16-14-10(2)7-12(15)8-11(14)3/h7-8H,6,9H2,1-5H3/p+1. The van der Waals surface area contributed by atoms with Crippen LogP contribution in [0.1, 0.15) is 18.1 Å². The maximum absolute atomic E-state index is 12.0. The second-order valence-corrected chi connectivity index (χ2v) is 5.81. The quantitative estimate of drug-likeness (QED) is 0.837. The van der Waals surface area contributed by atoms with E-state index in [0.29, 0.717) is 16.1 Å². The van der Waals surface area contributed by atoms with Gasteiger partial charge in [-0.1, -0.05) is 11.6 Å². The third-order valence-corrected chi connectivity index (χ3v) is 3.41. The van der Waals surface area contributed by atoms with Crippen molar-refractivity contribution >= 4 is 23.2 Å². The lowest BCUT2D eigenvalue weighted by Gasteiger charge is -2.27. The Morgan fingerprint density at radius 3 is 2.22 bits per heavy atom. The van der Waals surface area contributed by atoms with Crippen LogP contribution >= 0.6 is 11.6 Å². The second-order valence-electron chi connectivity index (χ2n) is 5.37. The summed E-state index contributed by atoms with van der Waals surface area (Å²) in [5.41, 5.74) is 2.87. The molecule has 1 rings (SSSR count). The van der Waals surface area contributed by atoms with E-state index in [-0.39, 0.29) is 5.91 Å². The van der Waals surface area contributed by atoms with Crippen LogP contribution in [0.4, 0.5) is 5.69 Å². The Bertz CT molecular complexity index is 432. The van der Waals surface area contributed by atoms with Gasteiger partial charge < -0.3 is 9.80 Å². The number of likely N-dealkylation sites (N-methyl/N-ethyl adjacent to an activating group) is 1. The Labute approximate surface area is 114 Å². The van der Waals surface area contributed by atoms with Crippen LogP contribution in [0.2, 0.25) is 5.02 Å². The lowest BCUT2D eigenvalue weighted by atomic mass is 10.1. The molecule has 1 aromatic rings. The van der Waals surface area contributed by atoms with Crippen LogP contribution in [0.3, 0.4) is 0 Å². The first kappa shape index (κ1) is 15.0. The lowest BCUT2D eigenvalue weighted by molar-refractivity contribution is -0.880. The normalized spacial score (nSPS) is 11.4. The van der Waals surface area contributed by atoms with E-state index >= 15 is 0 Å². The van der Waals surface area contributed by atoms with Gasteiger partial charge in [0.1, 0.15) is 0 Å². The molecule has 0 aromatic heterocycles. The number of aryl methyl sites for hydroxylation is 2. The van der Waals surface area contributed by atoms with Crippen molar-refractivity contribution in [3.63, 3.8) is 0 Å². The van der Waals surface area contributed by atoms with Crippen LogP contribution in [0, 0.1) is 13.8 Å². The van der Waals surface area contributed by atoms with Gasteiger partial charge in [0.2, 0.25) is 0 Å². The number of quaternary nitrogens is 1. The third kappa shape index (κ3) is 4.00.